The quantitative estimate of drug-likeness (QED) is 0.686. The first kappa shape index (κ1) is 11.9. The lowest BCUT2D eigenvalue weighted by Gasteiger charge is -2.42. The number of sulfonamides is 1. The van der Waals surface area contributed by atoms with Gasteiger partial charge in [-0.15, -0.1) is 0 Å². The summed E-state index contributed by atoms with van der Waals surface area (Å²) in [5.74, 6) is 0.508. The van der Waals surface area contributed by atoms with Crippen LogP contribution in [0, 0.1) is 5.92 Å². The molecule has 0 N–H and O–H groups in total. The van der Waals surface area contributed by atoms with E-state index >= 15 is 0 Å². The number of hydrogen-bond donors (Lipinski definition) is 0. The van der Waals surface area contributed by atoms with Gasteiger partial charge in [-0.2, -0.15) is 4.31 Å². The minimum absolute atomic E-state index is 0.104. The summed E-state index contributed by atoms with van der Waals surface area (Å²) in [6.45, 7) is 5.07. The second kappa shape index (κ2) is 4.59. The molecule has 1 fully saturated rings. The third-order valence-corrected chi connectivity index (χ3v) is 4.54. The maximum absolute atomic E-state index is 11.7. The van der Waals surface area contributed by atoms with Crippen LogP contribution in [0.5, 0.6) is 0 Å². The number of ether oxygens (including phenoxy) is 1. The van der Waals surface area contributed by atoms with Crippen LogP contribution in [-0.4, -0.2) is 44.8 Å². The van der Waals surface area contributed by atoms with Gasteiger partial charge < -0.3 is 4.74 Å². The van der Waals surface area contributed by atoms with Crippen molar-refractivity contribution in [1.82, 2.24) is 4.31 Å². The molecule has 0 aromatic heterocycles. The second-order valence-corrected chi connectivity index (χ2v) is 6.06. The molecule has 4 nitrogen and oxygen atoms in total. The number of rotatable bonds is 5. The average Bonchev–Trinajstić information content (AvgIpc) is 1.96. The summed E-state index contributed by atoms with van der Waals surface area (Å²) in [5.41, 5.74) is 0. The molecule has 0 bridgehead atoms. The molecule has 5 heteroatoms. The van der Waals surface area contributed by atoms with Crippen molar-refractivity contribution in [3.8, 4) is 0 Å². The minimum atomic E-state index is -3.07. The van der Waals surface area contributed by atoms with E-state index in [0.29, 0.717) is 12.5 Å². The third-order valence-electron chi connectivity index (χ3n) is 2.69. The Kier molecular flexibility index (Phi) is 3.92. The van der Waals surface area contributed by atoms with Gasteiger partial charge in [0.25, 0.3) is 0 Å². The monoisotopic (exact) mass is 221 g/mol. The Morgan fingerprint density at radius 3 is 2.50 bits per heavy atom. The van der Waals surface area contributed by atoms with Crippen molar-refractivity contribution in [2.75, 3.05) is 26.0 Å². The van der Waals surface area contributed by atoms with Crippen molar-refractivity contribution in [3.05, 3.63) is 0 Å². The zero-order chi connectivity index (χ0) is 10.8. The van der Waals surface area contributed by atoms with Gasteiger partial charge in [0.2, 0.25) is 10.0 Å². The maximum Gasteiger partial charge on any atom is 0.216 e. The molecule has 0 unspecified atom stereocenters. The zero-order valence-corrected chi connectivity index (χ0v) is 9.88. The van der Waals surface area contributed by atoms with Gasteiger partial charge in [-0.1, -0.05) is 13.8 Å². The number of nitrogens with zero attached hydrogens (tertiary/aromatic N) is 1. The predicted molar refractivity (Wildman–Crippen MR) is 55.6 cm³/mol. The van der Waals surface area contributed by atoms with Crippen molar-refractivity contribution in [2.45, 2.75) is 26.3 Å². The first-order valence-corrected chi connectivity index (χ1v) is 6.58. The zero-order valence-electron chi connectivity index (χ0n) is 9.06. The summed E-state index contributed by atoms with van der Waals surface area (Å²) in [7, 11) is -1.55. The standard InChI is InChI=1S/C9H19NO3S/c1-8(2)9-4-5-10(9)14(11,12)7-6-13-3/h8-9H,4-7H2,1-3H3/t9-/m1/s1. The molecule has 1 saturated heterocycles. The number of hydrogen-bond acceptors (Lipinski definition) is 3. The van der Waals surface area contributed by atoms with Crippen LogP contribution in [0.25, 0.3) is 0 Å². The van der Waals surface area contributed by atoms with Gasteiger partial charge >= 0.3 is 0 Å². The normalized spacial score (nSPS) is 23.9. The van der Waals surface area contributed by atoms with Gasteiger partial charge in [-0.25, -0.2) is 8.42 Å². The molecule has 0 saturated carbocycles. The number of methoxy groups -OCH3 is 1. The Hall–Kier alpha value is -0.130. The largest absolute Gasteiger partial charge is 0.384 e. The highest BCUT2D eigenvalue weighted by molar-refractivity contribution is 7.89. The summed E-state index contributed by atoms with van der Waals surface area (Å²) in [4.78, 5) is 0. The first-order valence-electron chi connectivity index (χ1n) is 4.97. The highest BCUT2D eigenvalue weighted by Crippen LogP contribution is 2.27. The van der Waals surface area contributed by atoms with Crippen LogP contribution >= 0.6 is 0 Å². The third kappa shape index (κ3) is 2.46. The molecule has 0 aromatic rings. The molecule has 1 aliphatic rings. The van der Waals surface area contributed by atoms with Gasteiger partial charge in [0, 0.05) is 19.7 Å². The van der Waals surface area contributed by atoms with Crippen molar-refractivity contribution < 1.29 is 13.2 Å². The van der Waals surface area contributed by atoms with E-state index in [1.807, 2.05) is 0 Å². The van der Waals surface area contributed by atoms with Crippen LogP contribution in [0.4, 0.5) is 0 Å². The summed E-state index contributed by atoms with van der Waals surface area (Å²) >= 11 is 0. The van der Waals surface area contributed by atoms with Crippen LogP contribution in [-0.2, 0) is 14.8 Å². The smallest absolute Gasteiger partial charge is 0.216 e. The highest BCUT2D eigenvalue weighted by Gasteiger charge is 2.38. The molecule has 1 aliphatic heterocycles. The fraction of sp³-hybridized carbons (Fsp3) is 1.00. The van der Waals surface area contributed by atoms with E-state index < -0.39 is 10.0 Å². The lowest BCUT2D eigenvalue weighted by Crippen LogP contribution is -2.54. The van der Waals surface area contributed by atoms with Gasteiger partial charge in [0.15, 0.2) is 0 Å². The Bertz CT molecular complexity index is 274. The summed E-state index contributed by atoms with van der Waals surface area (Å²) < 4.78 is 29.9. The van der Waals surface area contributed by atoms with Crippen molar-refractivity contribution >= 4 is 10.0 Å². The van der Waals surface area contributed by atoms with Gasteiger partial charge in [-0.05, 0) is 12.3 Å². The van der Waals surface area contributed by atoms with Gasteiger partial charge in [-0.3, -0.25) is 0 Å². The molecular formula is C9H19NO3S. The van der Waals surface area contributed by atoms with Crippen LogP contribution in [0.15, 0.2) is 0 Å². The van der Waals surface area contributed by atoms with E-state index in [1.54, 1.807) is 4.31 Å². The molecule has 0 aliphatic carbocycles. The summed E-state index contributed by atoms with van der Waals surface area (Å²) in [6, 6.07) is 0.205. The molecule has 0 spiro atoms. The molecule has 1 heterocycles. The lowest BCUT2D eigenvalue weighted by atomic mass is 9.95. The topological polar surface area (TPSA) is 46.6 Å². The Balaban J connectivity index is 2.56. The van der Waals surface area contributed by atoms with E-state index in [9.17, 15) is 8.42 Å². The van der Waals surface area contributed by atoms with Gasteiger partial charge in [0.1, 0.15) is 0 Å². The molecular weight excluding hydrogens is 202 g/mol. The molecule has 1 rings (SSSR count). The van der Waals surface area contributed by atoms with Crippen molar-refractivity contribution in [1.29, 1.82) is 0 Å². The maximum atomic E-state index is 11.7. The Morgan fingerprint density at radius 2 is 2.14 bits per heavy atom. The van der Waals surface area contributed by atoms with E-state index in [2.05, 4.69) is 13.8 Å². The SMILES string of the molecule is COCCS(=O)(=O)N1CC[C@@H]1C(C)C. The Labute approximate surface area is 86.3 Å². The first-order chi connectivity index (χ1) is 6.49. The Morgan fingerprint density at radius 1 is 1.50 bits per heavy atom. The summed E-state index contributed by atoms with van der Waals surface area (Å²) in [5, 5.41) is 0. The van der Waals surface area contributed by atoms with E-state index in [-0.39, 0.29) is 18.4 Å². The molecule has 0 aromatic carbocycles. The lowest BCUT2D eigenvalue weighted by molar-refractivity contribution is 0.147. The van der Waals surface area contributed by atoms with Crippen LogP contribution in [0.2, 0.25) is 0 Å². The van der Waals surface area contributed by atoms with Crippen molar-refractivity contribution in [3.63, 3.8) is 0 Å². The second-order valence-electron chi connectivity index (χ2n) is 4.02. The van der Waals surface area contributed by atoms with E-state index in [4.69, 9.17) is 4.74 Å². The average molecular weight is 221 g/mol. The highest BCUT2D eigenvalue weighted by atomic mass is 32.2. The van der Waals surface area contributed by atoms with Crippen LogP contribution in [0.1, 0.15) is 20.3 Å². The molecule has 0 radical (unpaired) electrons. The minimum Gasteiger partial charge on any atom is -0.384 e. The molecule has 14 heavy (non-hydrogen) atoms. The fourth-order valence-electron chi connectivity index (χ4n) is 1.70. The molecule has 0 amide bonds. The fourth-order valence-corrected chi connectivity index (χ4v) is 3.46. The van der Waals surface area contributed by atoms with Crippen LogP contribution in [0.3, 0.4) is 0 Å². The molecule has 84 valence electrons. The predicted octanol–water partition coefficient (Wildman–Crippen LogP) is 0.693. The van der Waals surface area contributed by atoms with Crippen molar-refractivity contribution in [2.24, 2.45) is 5.92 Å². The van der Waals surface area contributed by atoms with E-state index in [0.717, 1.165) is 6.42 Å². The van der Waals surface area contributed by atoms with Crippen LogP contribution < -0.4 is 0 Å². The van der Waals surface area contributed by atoms with E-state index in [1.165, 1.54) is 7.11 Å². The molecule has 1 atom stereocenters. The van der Waals surface area contributed by atoms with Gasteiger partial charge in [0.05, 0.1) is 12.4 Å². The summed E-state index contributed by atoms with van der Waals surface area (Å²) in [6.07, 6.45) is 0.990.